The molecule has 0 radical (unpaired) electrons. The number of nitrogens with zero attached hydrogens (tertiary/aromatic N) is 2. The van der Waals surface area contributed by atoms with Crippen LogP contribution in [0.25, 0.3) is 10.9 Å². The van der Waals surface area contributed by atoms with Gasteiger partial charge >= 0.3 is 5.97 Å². The third kappa shape index (κ3) is 5.21. The Hall–Kier alpha value is -2.37. The Morgan fingerprint density at radius 3 is 2.67 bits per heavy atom. The van der Waals surface area contributed by atoms with Gasteiger partial charge in [0.05, 0.1) is 20.0 Å². The number of hydrogen-bond acceptors (Lipinski definition) is 7. The molecule has 1 aromatic carbocycles. The van der Waals surface area contributed by atoms with Gasteiger partial charge in [-0.05, 0) is 50.0 Å². The van der Waals surface area contributed by atoms with Gasteiger partial charge in [0.2, 0.25) is 15.9 Å². The van der Waals surface area contributed by atoms with Crippen LogP contribution in [0.3, 0.4) is 0 Å². The van der Waals surface area contributed by atoms with Gasteiger partial charge < -0.3 is 24.3 Å². The molecule has 0 bridgehead atoms. The Balaban J connectivity index is 1.56. The van der Waals surface area contributed by atoms with Crippen molar-refractivity contribution < 1.29 is 27.1 Å². The number of esters is 1. The standard InChI is InChI=1S/C19H25FN3O6S/c1-28-18-17(15-11-14(20)3-4-16(15)23(18)25)19(24)29-12-13-5-8-22(9-6-13)10-7-21-30(2,26)27/h3-4,11,13,21H,5-10,12H2,1-2H3/q-1. The van der Waals surface area contributed by atoms with Gasteiger partial charge in [-0.15, -0.1) is 0 Å². The second kappa shape index (κ2) is 9.19. The molecule has 2 heterocycles. The number of fused-ring (bicyclic) bond motifs is 1. The van der Waals surface area contributed by atoms with Crippen LogP contribution < -0.4 is 9.46 Å². The van der Waals surface area contributed by atoms with Crippen LogP contribution in [0.15, 0.2) is 18.2 Å². The van der Waals surface area contributed by atoms with Gasteiger partial charge in [-0.25, -0.2) is 22.3 Å². The summed E-state index contributed by atoms with van der Waals surface area (Å²) in [6.45, 7) is 2.68. The zero-order valence-corrected chi connectivity index (χ0v) is 17.7. The molecule has 1 aliphatic heterocycles. The number of hydrogen-bond donors (Lipinski definition) is 1. The Bertz CT molecular complexity index is 1010. The number of halogens is 1. The van der Waals surface area contributed by atoms with Crippen molar-refractivity contribution in [2.75, 3.05) is 46.2 Å². The van der Waals surface area contributed by atoms with Crippen molar-refractivity contribution in [1.82, 2.24) is 14.4 Å². The number of carbonyl (C=O) groups is 1. The lowest BCUT2D eigenvalue weighted by atomic mass is 9.98. The summed E-state index contributed by atoms with van der Waals surface area (Å²) >= 11 is 0. The molecule has 11 heteroatoms. The fraction of sp³-hybridized carbons (Fsp3) is 0.526. The number of piperidine rings is 1. The van der Waals surface area contributed by atoms with E-state index in [2.05, 4.69) is 9.62 Å². The number of methoxy groups -OCH3 is 1. The highest BCUT2D eigenvalue weighted by molar-refractivity contribution is 7.88. The zero-order chi connectivity index (χ0) is 21.9. The summed E-state index contributed by atoms with van der Waals surface area (Å²) in [5.41, 5.74) is 0.0579. The molecule has 3 rings (SSSR count). The average molecular weight is 442 g/mol. The monoisotopic (exact) mass is 442 g/mol. The Morgan fingerprint density at radius 2 is 2.03 bits per heavy atom. The van der Waals surface area contributed by atoms with Gasteiger partial charge in [0.1, 0.15) is 11.4 Å². The molecule has 1 fully saturated rings. The largest absolute Gasteiger partial charge is 0.803 e. The molecule has 0 amide bonds. The smallest absolute Gasteiger partial charge is 0.344 e. The normalized spacial score (nSPS) is 16.1. The van der Waals surface area contributed by atoms with Gasteiger partial charge in [-0.2, -0.15) is 0 Å². The first-order chi connectivity index (χ1) is 14.2. The Labute approximate surface area is 174 Å². The lowest BCUT2D eigenvalue weighted by Gasteiger charge is -2.31. The number of sulfonamides is 1. The van der Waals surface area contributed by atoms with E-state index in [1.165, 1.54) is 13.2 Å². The molecule has 9 nitrogen and oxygen atoms in total. The maximum Gasteiger partial charge on any atom is 0.344 e. The Kier molecular flexibility index (Phi) is 6.84. The van der Waals surface area contributed by atoms with Crippen LogP contribution in [0.1, 0.15) is 23.2 Å². The van der Waals surface area contributed by atoms with Gasteiger partial charge in [-0.1, -0.05) is 0 Å². The van der Waals surface area contributed by atoms with Crippen molar-refractivity contribution in [3.05, 3.63) is 34.8 Å². The van der Waals surface area contributed by atoms with Crippen LogP contribution in [0.5, 0.6) is 5.88 Å². The van der Waals surface area contributed by atoms with E-state index in [1.807, 2.05) is 0 Å². The van der Waals surface area contributed by atoms with Crippen LogP contribution in [0.4, 0.5) is 4.39 Å². The third-order valence-electron chi connectivity index (χ3n) is 5.19. The van der Waals surface area contributed by atoms with E-state index >= 15 is 0 Å². The molecule has 0 aliphatic carbocycles. The molecular formula is C19H25FN3O6S-. The summed E-state index contributed by atoms with van der Waals surface area (Å²) in [7, 11) is -1.93. The zero-order valence-electron chi connectivity index (χ0n) is 16.9. The first-order valence-corrected chi connectivity index (χ1v) is 11.5. The first kappa shape index (κ1) is 22.3. The van der Waals surface area contributed by atoms with Crippen molar-refractivity contribution in [2.24, 2.45) is 5.92 Å². The molecule has 30 heavy (non-hydrogen) atoms. The van der Waals surface area contributed by atoms with E-state index in [-0.39, 0.29) is 34.9 Å². The van der Waals surface area contributed by atoms with Crippen molar-refractivity contribution in [3.63, 3.8) is 0 Å². The maximum atomic E-state index is 13.6. The second-order valence-electron chi connectivity index (χ2n) is 7.39. The number of carbonyl (C=O) groups excluding carboxylic acids is 1. The fourth-order valence-electron chi connectivity index (χ4n) is 3.63. The molecule has 0 unspecified atom stereocenters. The third-order valence-corrected chi connectivity index (χ3v) is 5.92. The van der Waals surface area contributed by atoms with Crippen LogP contribution in [0.2, 0.25) is 0 Å². The van der Waals surface area contributed by atoms with E-state index in [9.17, 15) is 22.8 Å². The fourth-order valence-corrected chi connectivity index (χ4v) is 4.09. The summed E-state index contributed by atoms with van der Waals surface area (Å²) < 4.78 is 49.3. The topological polar surface area (TPSA) is 113 Å². The quantitative estimate of drug-likeness (QED) is 0.617. The van der Waals surface area contributed by atoms with E-state index in [0.717, 1.165) is 44.3 Å². The number of likely N-dealkylation sites (tertiary alicyclic amines) is 1. The number of ether oxygens (including phenoxy) is 2. The average Bonchev–Trinajstić information content (AvgIpc) is 2.97. The van der Waals surface area contributed by atoms with Crippen molar-refractivity contribution in [1.29, 1.82) is 0 Å². The number of aromatic nitrogens is 1. The summed E-state index contributed by atoms with van der Waals surface area (Å²) in [5, 5.41) is 12.5. The van der Waals surface area contributed by atoms with Gasteiger partial charge in [0, 0.05) is 24.0 Å². The molecule has 2 aromatic rings. The number of rotatable bonds is 8. The van der Waals surface area contributed by atoms with Gasteiger partial charge in [0.25, 0.3) is 0 Å². The van der Waals surface area contributed by atoms with E-state index in [0.29, 0.717) is 17.8 Å². The molecule has 1 saturated heterocycles. The molecule has 166 valence electrons. The molecule has 0 saturated carbocycles. The van der Waals surface area contributed by atoms with Gasteiger partial charge in [-0.3, -0.25) is 0 Å². The van der Waals surface area contributed by atoms with Crippen LogP contribution in [-0.2, 0) is 14.8 Å². The summed E-state index contributed by atoms with van der Waals surface area (Å²) in [5.74, 6) is -1.36. The van der Waals surface area contributed by atoms with Crippen LogP contribution >= 0.6 is 0 Å². The predicted octanol–water partition coefficient (Wildman–Crippen LogP) is 1.55. The number of nitrogens with one attached hydrogen (secondary N) is 1. The van der Waals surface area contributed by atoms with Gasteiger partial charge in [0.15, 0.2) is 0 Å². The van der Waals surface area contributed by atoms with Crippen LogP contribution in [-0.4, -0.2) is 70.2 Å². The van der Waals surface area contributed by atoms with E-state index in [4.69, 9.17) is 9.47 Å². The molecule has 0 spiro atoms. The highest BCUT2D eigenvalue weighted by Crippen LogP contribution is 2.32. The maximum absolute atomic E-state index is 13.6. The lowest BCUT2D eigenvalue weighted by Crippen LogP contribution is -2.40. The molecule has 1 N–H and O–H groups in total. The predicted molar refractivity (Wildman–Crippen MR) is 110 cm³/mol. The van der Waals surface area contributed by atoms with Crippen molar-refractivity contribution in [3.8, 4) is 5.88 Å². The molecule has 0 atom stereocenters. The molecule has 1 aliphatic rings. The molecular weight excluding hydrogens is 417 g/mol. The number of benzene rings is 1. The molecule has 1 aromatic heterocycles. The Morgan fingerprint density at radius 1 is 1.33 bits per heavy atom. The minimum Gasteiger partial charge on any atom is -0.803 e. The highest BCUT2D eigenvalue weighted by Gasteiger charge is 2.25. The summed E-state index contributed by atoms with van der Waals surface area (Å²) in [4.78, 5) is 14.8. The summed E-state index contributed by atoms with van der Waals surface area (Å²) in [6.07, 6.45) is 2.71. The lowest BCUT2D eigenvalue weighted by molar-refractivity contribution is 0.0372. The van der Waals surface area contributed by atoms with Crippen molar-refractivity contribution in [2.45, 2.75) is 12.8 Å². The minimum absolute atomic E-state index is 0.0775. The van der Waals surface area contributed by atoms with Crippen LogP contribution in [0, 0.1) is 16.9 Å². The van der Waals surface area contributed by atoms with E-state index < -0.39 is 21.8 Å². The van der Waals surface area contributed by atoms with E-state index in [1.54, 1.807) is 0 Å². The highest BCUT2D eigenvalue weighted by atomic mass is 32.2. The first-order valence-electron chi connectivity index (χ1n) is 9.59. The van der Waals surface area contributed by atoms with Crippen molar-refractivity contribution >= 4 is 26.9 Å². The summed E-state index contributed by atoms with van der Waals surface area (Å²) in [6, 6.07) is 3.56. The SMILES string of the molecule is COc1c(C(=O)OCC2CCN(CCNS(C)(=O)=O)CC2)c2cc(F)ccc2n1[O-]. The minimum atomic E-state index is -3.19. The second-order valence-corrected chi connectivity index (χ2v) is 9.22.